The Hall–Kier alpha value is -4.28. The molecule has 2 aliphatic heterocycles. The van der Waals surface area contributed by atoms with Crippen LogP contribution in [0.25, 0.3) is 0 Å². The molecule has 32 heavy (non-hydrogen) atoms. The summed E-state index contributed by atoms with van der Waals surface area (Å²) in [5.41, 5.74) is 0.565. The van der Waals surface area contributed by atoms with Gasteiger partial charge in [0.1, 0.15) is 5.75 Å². The molecule has 11 nitrogen and oxygen atoms in total. The lowest BCUT2D eigenvalue weighted by Crippen LogP contribution is -2.35. The highest BCUT2D eigenvalue weighted by atomic mass is 16.6. The lowest BCUT2D eigenvalue weighted by molar-refractivity contribution is -0.384. The number of anilines is 1. The van der Waals surface area contributed by atoms with E-state index in [1.165, 1.54) is 42.3 Å². The molecule has 1 fully saturated rings. The van der Waals surface area contributed by atoms with E-state index in [0.717, 1.165) is 4.90 Å². The van der Waals surface area contributed by atoms with Crippen LogP contribution in [0.5, 0.6) is 5.75 Å². The second-order valence-electron chi connectivity index (χ2n) is 7.20. The number of amides is 3. The predicted octanol–water partition coefficient (Wildman–Crippen LogP) is 1.75. The molecule has 11 heteroatoms. The van der Waals surface area contributed by atoms with Gasteiger partial charge in [0.25, 0.3) is 17.5 Å². The van der Waals surface area contributed by atoms with Gasteiger partial charge in [-0.3, -0.25) is 29.3 Å². The Bertz CT molecular complexity index is 1130. The first-order chi connectivity index (χ1) is 15.3. The minimum atomic E-state index is -0.836. The molecule has 2 aliphatic rings. The fraction of sp³-hybridized carbons (Fsp3) is 0.238. The van der Waals surface area contributed by atoms with E-state index in [2.05, 4.69) is 0 Å². The number of ether oxygens (including phenoxy) is 2. The summed E-state index contributed by atoms with van der Waals surface area (Å²) in [5, 5.41) is 11.0. The summed E-state index contributed by atoms with van der Waals surface area (Å²) in [7, 11) is 1.32. The van der Waals surface area contributed by atoms with E-state index in [4.69, 9.17) is 9.47 Å². The number of hydrogen-bond donors (Lipinski definition) is 0. The van der Waals surface area contributed by atoms with Crippen molar-refractivity contribution in [2.24, 2.45) is 5.92 Å². The van der Waals surface area contributed by atoms with Crippen LogP contribution in [0, 0.1) is 16.0 Å². The maximum absolute atomic E-state index is 12.5. The first-order valence-electron chi connectivity index (χ1n) is 9.56. The molecule has 0 N–H and O–H groups in total. The smallest absolute Gasteiger partial charge is 0.313 e. The van der Waals surface area contributed by atoms with Crippen LogP contribution in [0.2, 0.25) is 0 Å². The number of nitro benzene ring substituents is 1. The van der Waals surface area contributed by atoms with Gasteiger partial charge in [-0.15, -0.1) is 0 Å². The van der Waals surface area contributed by atoms with Gasteiger partial charge in [-0.25, -0.2) is 4.90 Å². The zero-order valence-corrected chi connectivity index (χ0v) is 16.8. The number of imide groups is 1. The van der Waals surface area contributed by atoms with Crippen LogP contribution in [0.1, 0.15) is 27.1 Å². The molecule has 4 rings (SSSR count). The Labute approximate surface area is 181 Å². The van der Waals surface area contributed by atoms with E-state index in [-0.39, 0.29) is 41.4 Å². The number of esters is 1. The average molecular weight is 439 g/mol. The third-order valence-corrected chi connectivity index (χ3v) is 5.34. The molecule has 3 amide bonds. The van der Waals surface area contributed by atoms with Gasteiger partial charge in [0.15, 0.2) is 6.73 Å². The summed E-state index contributed by atoms with van der Waals surface area (Å²) in [6, 6.07) is 10.1. The van der Waals surface area contributed by atoms with E-state index in [1.54, 1.807) is 12.1 Å². The van der Waals surface area contributed by atoms with Gasteiger partial charge >= 0.3 is 5.97 Å². The SMILES string of the molecule is COc1cc([N+](=O)[O-])ccc1N1C[C@@H](C(=O)OCN2C(=O)c3ccccc3C2=O)CC1=O. The minimum absolute atomic E-state index is 0.0338. The van der Waals surface area contributed by atoms with Gasteiger partial charge in [0, 0.05) is 19.0 Å². The molecule has 0 aromatic heterocycles. The fourth-order valence-corrected chi connectivity index (χ4v) is 3.70. The Balaban J connectivity index is 1.43. The van der Waals surface area contributed by atoms with Crippen LogP contribution >= 0.6 is 0 Å². The molecular formula is C21H17N3O8. The maximum Gasteiger partial charge on any atom is 0.313 e. The van der Waals surface area contributed by atoms with E-state index in [1.807, 2.05) is 0 Å². The third-order valence-electron chi connectivity index (χ3n) is 5.34. The molecule has 1 saturated heterocycles. The van der Waals surface area contributed by atoms with Crippen molar-refractivity contribution in [3.05, 3.63) is 63.7 Å². The van der Waals surface area contributed by atoms with Crippen LogP contribution < -0.4 is 9.64 Å². The predicted molar refractivity (Wildman–Crippen MR) is 108 cm³/mol. The molecule has 0 spiro atoms. The average Bonchev–Trinajstić information content (AvgIpc) is 3.29. The highest BCUT2D eigenvalue weighted by Crippen LogP contribution is 2.36. The van der Waals surface area contributed by atoms with Crippen molar-refractivity contribution in [1.82, 2.24) is 4.90 Å². The van der Waals surface area contributed by atoms with Crippen LogP contribution in [-0.4, -0.2) is 53.9 Å². The van der Waals surface area contributed by atoms with Crippen LogP contribution in [0.3, 0.4) is 0 Å². The zero-order valence-electron chi connectivity index (χ0n) is 16.8. The first-order valence-corrected chi connectivity index (χ1v) is 9.56. The molecule has 2 heterocycles. The second kappa shape index (κ2) is 8.10. The number of nitrogens with zero attached hydrogens (tertiary/aromatic N) is 3. The topological polar surface area (TPSA) is 136 Å². The van der Waals surface area contributed by atoms with E-state index >= 15 is 0 Å². The van der Waals surface area contributed by atoms with Crippen LogP contribution in [-0.2, 0) is 14.3 Å². The summed E-state index contributed by atoms with van der Waals surface area (Å²) in [4.78, 5) is 62.3. The Morgan fingerprint density at radius 1 is 1.12 bits per heavy atom. The number of methoxy groups -OCH3 is 1. The number of nitro groups is 1. The molecule has 2 aromatic carbocycles. The Kier molecular flexibility index (Phi) is 5.31. The van der Waals surface area contributed by atoms with Gasteiger partial charge in [0.2, 0.25) is 5.91 Å². The molecule has 0 bridgehead atoms. The molecule has 1 atom stereocenters. The standard InChI is InChI=1S/C21H17N3O8/c1-31-17-9-13(24(29)30)6-7-16(17)22-10-12(8-18(22)25)21(28)32-11-23-19(26)14-4-2-3-5-15(14)20(23)27/h2-7,9,12H,8,10-11H2,1H3/t12-/m0/s1. The lowest BCUT2D eigenvalue weighted by atomic mass is 10.1. The molecule has 0 saturated carbocycles. The molecule has 0 radical (unpaired) electrons. The monoisotopic (exact) mass is 439 g/mol. The number of carbonyl (C=O) groups excluding carboxylic acids is 4. The normalized spacial score (nSPS) is 17.5. The lowest BCUT2D eigenvalue weighted by Gasteiger charge is -2.19. The zero-order chi connectivity index (χ0) is 23.0. The van der Waals surface area contributed by atoms with Crippen molar-refractivity contribution in [1.29, 1.82) is 0 Å². The van der Waals surface area contributed by atoms with Gasteiger partial charge in [-0.2, -0.15) is 0 Å². The van der Waals surface area contributed by atoms with Crippen molar-refractivity contribution >= 4 is 35.1 Å². The summed E-state index contributed by atoms with van der Waals surface area (Å²) in [6.45, 7) is -0.593. The molecular weight excluding hydrogens is 422 g/mol. The van der Waals surface area contributed by atoms with E-state index in [9.17, 15) is 29.3 Å². The molecule has 0 aliphatic carbocycles. The largest absolute Gasteiger partial charge is 0.494 e. The summed E-state index contributed by atoms with van der Waals surface area (Å²) < 4.78 is 10.3. The number of non-ortho nitro benzene ring substituents is 1. The highest BCUT2D eigenvalue weighted by Gasteiger charge is 2.40. The van der Waals surface area contributed by atoms with Crippen molar-refractivity contribution in [2.75, 3.05) is 25.3 Å². The number of hydrogen-bond acceptors (Lipinski definition) is 8. The van der Waals surface area contributed by atoms with Crippen molar-refractivity contribution in [2.45, 2.75) is 6.42 Å². The van der Waals surface area contributed by atoms with Gasteiger partial charge in [-0.1, -0.05) is 12.1 Å². The second-order valence-corrected chi connectivity index (χ2v) is 7.20. The van der Waals surface area contributed by atoms with Crippen LogP contribution in [0.4, 0.5) is 11.4 Å². The highest BCUT2D eigenvalue weighted by molar-refractivity contribution is 6.21. The van der Waals surface area contributed by atoms with Gasteiger partial charge in [0.05, 0.1) is 40.8 Å². The quantitative estimate of drug-likeness (QED) is 0.287. The maximum atomic E-state index is 12.5. The first kappa shape index (κ1) is 21.0. The van der Waals surface area contributed by atoms with E-state index in [0.29, 0.717) is 5.69 Å². The van der Waals surface area contributed by atoms with Crippen LogP contribution in [0.15, 0.2) is 42.5 Å². The number of rotatable bonds is 6. The van der Waals surface area contributed by atoms with Crippen molar-refractivity contribution < 1.29 is 33.6 Å². The van der Waals surface area contributed by atoms with Crippen molar-refractivity contribution in [3.63, 3.8) is 0 Å². The fourth-order valence-electron chi connectivity index (χ4n) is 3.70. The Morgan fingerprint density at radius 3 is 2.38 bits per heavy atom. The van der Waals surface area contributed by atoms with E-state index < -0.39 is 35.4 Å². The number of carbonyl (C=O) groups is 4. The third kappa shape index (κ3) is 3.53. The number of benzene rings is 2. The Morgan fingerprint density at radius 2 is 1.78 bits per heavy atom. The molecule has 164 valence electrons. The molecule has 0 unspecified atom stereocenters. The van der Waals surface area contributed by atoms with Crippen molar-refractivity contribution in [3.8, 4) is 5.75 Å². The van der Waals surface area contributed by atoms with Gasteiger partial charge in [-0.05, 0) is 18.2 Å². The molecule has 2 aromatic rings. The summed E-state index contributed by atoms with van der Waals surface area (Å²) >= 11 is 0. The summed E-state index contributed by atoms with van der Waals surface area (Å²) in [6.07, 6.45) is -0.152. The summed E-state index contributed by atoms with van der Waals surface area (Å²) in [5.74, 6) is -2.96. The number of fused-ring (bicyclic) bond motifs is 1. The van der Waals surface area contributed by atoms with Gasteiger partial charge < -0.3 is 14.4 Å². The minimum Gasteiger partial charge on any atom is -0.494 e.